The number of aliphatic hydroxyl groups is 1. The van der Waals surface area contributed by atoms with Crippen molar-refractivity contribution in [1.82, 2.24) is 40.6 Å². The molecule has 2 aliphatic carbocycles. The molecule has 5 fully saturated rings. The molecule has 3 amide bonds. The molecule has 4 aromatic rings. The standard InChI is InChI=1S/C55H70FN11O5/c1-35-27-40(56)13-12-36(35)9-8-20-58-51(71)46-28-42(68)34-67(46)52(72)48(54(2,3)4)61-50(70)38-14-18-55(19-15-38)30-41(31-55)64-21-16-37(17-22-64)39-32-59-53(60-33-39)66-25-23-65(24-26-66)45-29-44(62-63-49(45)57-5)43-10-6-7-11-47(43)69/h6-7,10-13,27,29,32-33,37-38,41-42,46,48,68-69H,14-26,28,30-31,34H2,1-5H3,(H,57,63)(H,58,71)(H,61,70)/t38?,41?,42-,46+,48-,55?/m1/s1. The van der Waals surface area contributed by atoms with E-state index in [2.05, 4.69) is 52.7 Å². The maximum atomic E-state index is 14.2. The van der Waals surface area contributed by atoms with E-state index in [0.717, 1.165) is 102 Å². The van der Waals surface area contributed by atoms with Gasteiger partial charge in [-0.2, -0.15) is 0 Å². The number of benzene rings is 2. The summed E-state index contributed by atoms with van der Waals surface area (Å²) in [5.41, 5.74) is 4.39. The number of para-hydroxylation sites is 1. The quantitative estimate of drug-likeness (QED) is 0.116. The van der Waals surface area contributed by atoms with Gasteiger partial charge in [-0.3, -0.25) is 14.4 Å². The third-order valence-corrected chi connectivity index (χ3v) is 16.1. The minimum atomic E-state index is -0.894. The number of phenols is 1. The predicted molar refractivity (Wildman–Crippen MR) is 275 cm³/mol. The van der Waals surface area contributed by atoms with Crippen molar-refractivity contribution in [2.24, 2.45) is 16.7 Å². The number of anilines is 3. The minimum absolute atomic E-state index is 0.00286. The molecule has 5 aliphatic rings. The lowest BCUT2D eigenvalue weighted by molar-refractivity contribution is -0.145. The van der Waals surface area contributed by atoms with Gasteiger partial charge in [-0.1, -0.05) is 44.7 Å². The first-order chi connectivity index (χ1) is 34.6. The number of hydrogen-bond donors (Lipinski definition) is 5. The number of aromatic nitrogens is 4. The number of hydrogen-bond acceptors (Lipinski definition) is 13. The second kappa shape index (κ2) is 21.4. The fraction of sp³-hybridized carbons (Fsp3) is 0.545. The van der Waals surface area contributed by atoms with Gasteiger partial charge in [0.1, 0.15) is 23.7 Å². The van der Waals surface area contributed by atoms with Crippen LogP contribution in [0.25, 0.3) is 11.3 Å². The Morgan fingerprint density at radius 1 is 0.903 bits per heavy atom. The third-order valence-electron chi connectivity index (χ3n) is 16.1. The lowest BCUT2D eigenvalue weighted by Crippen LogP contribution is -2.59. The number of likely N-dealkylation sites (tertiary alicyclic amines) is 2. The Bertz CT molecular complexity index is 2650. The van der Waals surface area contributed by atoms with Gasteiger partial charge in [0, 0.05) is 81.7 Å². The molecule has 3 aliphatic heterocycles. The van der Waals surface area contributed by atoms with Gasteiger partial charge >= 0.3 is 0 Å². The van der Waals surface area contributed by atoms with Crippen LogP contribution in [0.5, 0.6) is 5.75 Å². The van der Waals surface area contributed by atoms with Crippen LogP contribution in [0, 0.1) is 41.3 Å². The van der Waals surface area contributed by atoms with Crippen molar-refractivity contribution in [2.75, 3.05) is 74.5 Å². The van der Waals surface area contributed by atoms with Crippen molar-refractivity contribution in [2.45, 2.75) is 116 Å². The van der Waals surface area contributed by atoms with Crippen molar-refractivity contribution >= 4 is 35.2 Å². The summed E-state index contributed by atoms with van der Waals surface area (Å²) in [7, 11) is 1.84. The third kappa shape index (κ3) is 11.1. The molecule has 72 heavy (non-hydrogen) atoms. The van der Waals surface area contributed by atoms with E-state index < -0.39 is 29.5 Å². The van der Waals surface area contributed by atoms with Gasteiger partial charge < -0.3 is 45.8 Å². The number of aryl methyl sites for hydroxylation is 1. The van der Waals surface area contributed by atoms with Crippen molar-refractivity contribution < 1.29 is 29.0 Å². The number of β-amino-alcohol motifs (C(OH)–C–C–N with tert-alkyl or cyclic N) is 1. The summed E-state index contributed by atoms with van der Waals surface area (Å²) < 4.78 is 13.5. The molecule has 5 heterocycles. The van der Waals surface area contributed by atoms with Gasteiger partial charge in [0.05, 0.1) is 24.0 Å². The Hall–Kier alpha value is -6.38. The molecule has 0 radical (unpaired) electrons. The maximum absolute atomic E-state index is 14.2. The van der Waals surface area contributed by atoms with Crippen LogP contribution in [0.1, 0.15) is 101 Å². The number of aliphatic hydroxyl groups excluding tert-OH is 1. The van der Waals surface area contributed by atoms with E-state index in [0.29, 0.717) is 40.2 Å². The Labute approximate surface area is 422 Å². The molecule has 0 bridgehead atoms. The Morgan fingerprint density at radius 3 is 2.26 bits per heavy atom. The molecule has 0 unspecified atom stereocenters. The minimum Gasteiger partial charge on any atom is -0.507 e. The highest BCUT2D eigenvalue weighted by Gasteiger charge is 2.50. The smallest absolute Gasteiger partial charge is 0.246 e. The molecule has 3 atom stereocenters. The second-order valence-electron chi connectivity index (χ2n) is 21.9. The first-order valence-corrected chi connectivity index (χ1v) is 25.8. The Balaban J connectivity index is 0.708. The number of phenolic OH excluding ortho intramolecular Hbond substituents is 1. The molecule has 2 aromatic carbocycles. The molecular formula is C55H70FN11O5. The van der Waals surface area contributed by atoms with Crippen LogP contribution < -0.4 is 25.8 Å². The Morgan fingerprint density at radius 2 is 1.60 bits per heavy atom. The van der Waals surface area contributed by atoms with Crippen LogP contribution in [0.4, 0.5) is 21.8 Å². The van der Waals surface area contributed by atoms with Gasteiger partial charge in [-0.25, -0.2) is 14.4 Å². The van der Waals surface area contributed by atoms with E-state index in [-0.39, 0.29) is 54.2 Å². The summed E-state index contributed by atoms with van der Waals surface area (Å²) in [6.45, 7) is 12.7. The van der Waals surface area contributed by atoms with Crippen LogP contribution in [0.2, 0.25) is 0 Å². The maximum Gasteiger partial charge on any atom is 0.246 e. The zero-order valence-electron chi connectivity index (χ0n) is 42.3. The number of amides is 3. The molecule has 5 N–H and O–H groups in total. The van der Waals surface area contributed by atoms with Crippen molar-refractivity contribution in [3.63, 3.8) is 0 Å². The topological polar surface area (TPSA) is 192 Å². The first-order valence-electron chi connectivity index (χ1n) is 25.8. The van der Waals surface area contributed by atoms with E-state index in [4.69, 9.17) is 9.97 Å². The molecule has 382 valence electrons. The molecule has 1 spiro atoms. The largest absolute Gasteiger partial charge is 0.507 e. The summed E-state index contributed by atoms with van der Waals surface area (Å²) in [5.74, 6) is 6.46. The first kappa shape index (κ1) is 50.6. The van der Waals surface area contributed by atoms with E-state index >= 15 is 0 Å². The SMILES string of the molecule is CNc1nnc(-c2ccccc2O)cc1N1CCN(c2ncc(C3CCN(C4CC5(CCC(C(=O)N[C@H](C(=O)N6C[C@H](O)C[C@H]6C(=O)NCC#Cc6ccc(F)cc6C)C(C)(C)C)CC5)C4)CC3)cn2)CC1. The highest BCUT2D eigenvalue weighted by Crippen LogP contribution is 2.55. The van der Waals surface area contributed by atoms with Crippen molar-refractivity contribution in [3.8, 4) is 28.8 Å². The van der Waals surface area contributed by atoms with E-state index in [1.807, 2.05) is 58.4 Å². The number of piperazine rings is 1. The van der Waals surface area contributed by atoms with Crippen molar-refractivity contribution in [1.29, 1.82) is 0 Å². The number of aromatic hydroxyl groups is 1. The lowest BCUT2D eigenvalue weighted by atomic mass is 9.56. The average molecular weight is 984 g/mol. The van der Waals surface area contributed by atoms with Crippen LogP contribution >= 0.6 is 0 Å². The zero-order valence-corrected chi connectivity index (χ0v) is 42.3. The van der Waals surface area contributed by atoms with Gasteiger partial charge in [-0.15, -0.1) is 10.2 Å². The monoisotopic (exact) mass is 984 g/mol. The molecule has 16 nitrogen and oxygen atoms in total. The molecule has 2 saturated carbocycles. The summed E-state index contributed by atoms with van der Waals surface area (Å²) in [5, 5.41) is 38.9. The predicted octanol–water partition coefficient (Wildman–Crippen LogP) is 5.63. The number of piperidine rings is 1. The van der Waals surface area contributed by atoms with Gasteiger partial charge in [-0.05, 0) is 136 Å². The van der Waals surface area contributed by atoms with Gasteiger partial charge in [0.15, 0.2) is 5.82 Å². The van der Waals surface area contributed by atoms with Crippen molar-refractivity contribution in [3.05, 3.63) is 83.4 Å². The zero-order chi connectivity index (χ0) is 50.7. The summed E-state index contributed by atoms with van der Waals surface area (Å²) in [6.07, 6.45) is 11.3. The van der Waals surface area contributed by atoms with E-state index in [1.54, 1.807) is 25.1 Å². The van der Waals surface area contributed by atoms with Crippen LogP contribution in [-0.2, 0) is 14.4 Å². The Kier molecular flexibility index (Phi) is 15.0. The number of carbonyl (C=O) groups is 3. The molecular weight excluding hydrogens is 914 g/mol. The number of halogens is 1. The highest BCUT2D eigenvalue weighted by atomic mass is 19.1. The van der Waals surface area contributed by atoms with Gasteiger partial charge in [0.2, 0.25) is 23.7 Å². The number of nitrogens with one attached hydrogen (secondary N) is 3. The van der Waals surface area contributed by atoms with E-state index in [1.165, 1.54) is 22.6 Å². The lowest BCUT2D eigenvalue weighted by Gasteiger charge is -2.55. The summed E-state index contributed by atoms with van der Waals surface area (Å²) in [6, 6.07) is 12.3. The molecule has 9 rings (SSSR count). The number of carbonyl (C=O) groups excluding carboxylic acids is 3. The van der Waals surface area contributed by atoms with Gasteiger partial charge in [0.25, 0.3) is 0 Å². The summed E-state index contributed by atoms with van der Waals surface area (Å²) >= 11 is 0. The second-order valence-corrected chi connectivity index (χ2v) is 21.9. The fourth-order valence-corrected chi connectivity index (χ4v) is 11.7. The van der Waals surface area contributed by atoms with Crippen LogP contribution in [0.15, 0.2) is 60.9 Å². The normalized spacial score (nSPS) is 24.2. The average Bonchev–Trinajstić information content (AvgIpc) is 3.78. The number of rotatable bonds is 11. The summed E-state index contributed by atoms with van der Waals surface area (Å²) in [4.78, 5) is 59.8. The van der Waals surface area contributed by atoms with Crippen LogP contribution in [0.3, 0.4) is 0 Å². The highest BCUT2D eigenvalue weighted by molar-refractivity contribution is 5.93. The molecule has 3 saturated heterocycles. The molecule has 17 heteroatoms. The van der Waals surface area contributed by atoms with E-state index in [9.17, 15) is 29.0 Å². The number of nitrogens with zero attached hydrogens (tertiary/aromatic N) is 8. The molecule has 2 aromatic heterocycles. The fourth-order valence-electron chi connectivity index (χ4n) is 11.7. The van der Waals surface area contributed by atoms with Crippen LogP contribution in [-0.4, -0.2) is 142 Å².